The minimum absolute atomic E-state index is 0.400. The minimum atomic E-state index is 0.400. The van der Waals surface area contributed by atoms with Crippen LogP contribution in [0.2, 0.25) is 0 Å². The summed E-state index contributed by atoms with van der Waals surface area (Å²) in [5.74, 6) is 0. The first-order valence-electron chi connectivity index (χ1n) is 3.23. The monoisotopic (exact) mass is 164 g/mol. The lowest BCUT2D eigenvalue weighted by atomic mass is 10.3. The first kappa shape index (κ1) is 8.09. The van der Waals surface area contributed by atoms with E-state index in [0.717, 1.165) is 10.6 Å². The van der Waals surface area contributed by atoms with Gasteiger partial charge in [-0.05, 0) is 18.4 Å². The van der Waals surface area contributed by atoms with Crippen LogP contribution in [0, 0.1) is 11.3 Å². The zero-order valence-electron chi connectivity index (χ0n) is 6.24. The Balaban J connectivity index is 2.94. The van der Waals surface area contributed by atoms with Crippen LogP contribution in [0.25, 0.3) is 0 Å². The van der Waals surface area contributed by atoms with Crippen molar-refractivity contribution in [2.24, 2.45) is 0 Å². The predicted octanol–water partition coefficient (Wildman–Crippen LogP) is 1.87. The molecular formula is C8H8N2S. The Bertz CT molecular complexity index is 278. The van der Waals surface area contributed by atoms with Gasteiger partial charge in [0.1, 0.15) is 0 Å². The van der Waals surface area contributed by atoms with Crippen molar-refractivity contribution in [2.45, 2.75) is 11.3 Å². The molecule has 0 amide bonds. The second-order valence-electron chi connectivity index (χ2n) is 1.99. The van der Waals surface area contributed by atoms with Crippen molar-refractivity contribution in [3.63, 3.8) is 0 Å². The smallest absolute Gasteiger partial charge is 0.0786 e. The zero-order chi connectivity index (χ0) is 8.10. The second-order valence-corrected chi connectivity index (χ2v) is 2.84. The Kier molecular flexibility index (Phi) is 2.94. The molecule has 0 fully saturated rings. The molecule has 56 valence electrons. The molecule has 1 aromatic rings. The van der Waals surface area contributed by atoms with Gasteiger partial charge in [-0.3, -0.25) is 4.98 Å². The molecule has 0 spiro atoms. The Labute approximate surface area is 70.3 Å². The highest BCUT2D eigenvalue weighted by Gasteiger charge is 1.99. The minimum Gasteiger partial charge on any atom is -0.259 e. The summed E-state index contributed by atoms with van der Waals surface area (Å²) in [6.45, 7) is 0. The highest BCUT2D eigenvalue weighted by molar-refractivity contribution is 7.98. The maximum atomic E-state index is 8.44. The number of hydrogen-bond donors (Lipinski definition) is 0. The third kappa shape index (κ3) is 1.95. The highest BCUT2D eigenvalue weighted by atomic mass is 32.2. The van der Waals surface area contributed by atoms with Crippen LogP contribution in [0.15, 0.2) is 23.2 Å². The number of thioether (sulfide) groups is 1. The van der Waals surface area contributed by atoms with Gasteiger partial charge >= 0.3 is 0 Å². The maximum Gasteiger partial charge on any atom is 0.0786 e. The normalized spacial score (nSPS) is 9.09. The lowest BCUT2D eigenvalue weighted by Gasteiger charge is -1.99. The van der Waals surface area contributed by atoms with E-state index in [0.29, 0.717) is 6.42 Å². The SMILES string of the molecule is CSc1cccnc1CC#N. The van der Waals surface area contributed by atoms with Crippen LogP contribution in [-0.2, 0) is 6.42 Å². The molecule has 0 aliphatic rings. The molecule has 0 radical (unpaired) electrons. The average Bonchev–Trinajstić information content (AvgIpc) is 2.06. The quantitative estimate of drug-likeness (QED) is 0.626. The number of hydrogen-bond acceptors (Lipinski definition) is 3. The third-order valence-electron chi connectivity index (χ3n) is 1.31. The van der Waals surface area contributed by atoms with Gasteiger partial charge in [0.05, 0.1) is 18.2 Å². The van der Waals surface area contributed by atoms with Crippen molar-refractivity contribution in [1.82, 2.24) is 4.98 Å². The van der Waals surface area contributed by atoms with E-state index in [4.69, 9.17) is 5.26 Å². The van der Waals surface area contributed by atoms with Crippen LogP contribution < -0.4 is 0 Å². The van der Waals surface area contributed by atoms with Gasteiger partial charge in [-0.1, -0.05) is 0 Å². The molecule has 0 saturated heterocycles. The summed E-state index contributed by atoms with van der Waals surface area (Å²) in [5.41, 5.74) is 0.877. The molecule has 0 aliphatic carbocycles. The maximum absolute atomic E-state index is 8.44. The molecule has 1 rings (SSSR count). The Hall–Kier alpha value is -1.01. The Morgan fingerprint density at radius 2 is 2.55 bits per heavy atom. The summed E-state index contributed by atoms with van der Waals surface area (Å²) in [7, 11) is 0. The molecule has 1 heterocycles. The third-order valence-corrected chi connectivity index (χ3v) is 2.13. The Morgan fingerprint density at radius 1 is 1.73 bits per heavy atom. The van der Waals surface area contributed by atoms with Crippen LogP contribution >= 0.6 is 11.8 Å². The lowest BCUT2D eigenvalue weighted by Crippen LogP contribution is -1.89. The fraction of sp³-hybridized carbons (Fsp3) is 0.250. The number of pyridine rings is 1. The van der Waals surface area contributed by atoms with E-state index >= 15 is 0 Å². The van der Waals surface area contributed by atoms with Crippen LogP contribution in [0.4, 0.5) is 0 Å². The van der Waals surface area contributed by atoms with Gasteiger partial charge in [-0.25, -0.2) is 0 Å². The topological polar surface area (TPSA) is 36.7 Å². The van der Waals surface area contributed by atoms with Crippen LogP contribution in [-0.4, -0.2) is 11.2 Å². The van der Waals surface area contributed by atoms with Crippen molar-refractivity contribution in [3.8, 4) is 6.07 Å². The molecule has 0 saturated carbocycles. The molecule has 0 unspecified atom stereocenters. The molecule has 2 nitrogen and oxygen atoms in total. The first-order chi connectivity index (χ1) is 5.38. The van der Waals surface area contributed by atoms with E-state index in [9.17, 15) is 0 Å². The second kappa shape index (κ2) is 3.99. The predicted molar refractivity (Wildman–Crippen MR) is 45.3 cm³/mol. The molecule has 1 aromatic heterocycles. The van der Waals surface area contributed by atoms with Gasteiger partial charge in [0, 0.05) is 11.1 Å². The largest absolute Gasteiger partial charge is 0.259 e. The average molecular weight is 164 g/mol. The lowest BCUT2D eigenvalue weighted by molar-refractivity contribution is 1.05. The fourth-order valence-corrected chi connectivity index (χ4v) is 1.39. The first-order valence-corrected chi connectivity index (χ1v) is 4.45. The van der Waals surface area contributed by atoms with Crippen LogP contribution in [0.3, 0.4) is 0 Å². The van der Waals surface area contributed by atoms with E-state index < -0.39 is 0 Å². The number of nitriles is 1. The summed E-state index contributed by atoms with van der Waals surface area (Å²) >= 11 is 1.62. The van der Waals surface area contributed by atoms with Gasteiger partial charge < -0.3 is 0 Å². The van der Waals surface area contributed by atoms with E-state index in [1.807, 2.05) is 18.4 Å². The van der Waals surface area contributed by atoms with Gasteiger partial charge in [0.15, 0.2) is 0 Å². The van der Waals surface area contributed by atoms with E-state index in [2.05, 4.69) is 11.1 Å². The van der Waals surface area contributed by atoms with Gasteiger partial charge in [-0.15, -0.1) is 11.8 Å². The summed E-state index contributed by atoms with van der Waals surface area (Å²) < 4.78 is 0. The number of nitrogens with zero attached hydrogens (tertiary/aromatic N) is 2. The van der Waals surface area contributed by atoms with Gasteiger partial charge in [0.2, 0.25) is 0 Å². The fourth-order valence-electron chi connectivity index (χ4n) is 0.817. The van der Waals surface area contributed by atoms with Crippen LogP contribution in [0.5, 0.6) is 0 Å². The van der Waals surface area contributed by atoms with Crippen molar-refractivity contribution in [2.75, 3.05) is 6.26 Å². The molecule has 0 aromatic carbocycles. The summed E-state index contributed by atoms with van der Waals surface area (Å²) in [4.78, 5) is 5.19. The molecule has 0 N–H and O–H groups in total. The molecule has 0 atom stereocenters. The molecule has 0 aliphatic heterocycles. The zero-order valence-corrected chi connectivity index (χ0v) is 7.06. The molecule has 11 heavy (non-hydrogen) atoms. The van der Waals surface area contributed by atoms with Crippen LogP contribution in [0.1, 0.15) is 5.69 Å². The highest BCUT2D eigenvalue weighted by Crippen LogP contribution is 2.17. The van der Waals surface area contributed by atoms with E-state index in [-0.39, 0.29) is 0 Å². The summed E-state index contributed by atoms with van der Waals surface area (Å²) in [6.07, 6.45) is 4.10. The van der Waals surface area contributed by atoms with E-state index in [1.54, 1.807) is 18.0 Å². The molecular weight excluding hydrogens is 156 g/mol. The van der Waals surface area contributed by atoms with Crippen molar-refractivity contribution in [1.29, 1.82) is 5.26 Å². The number of aromatic nitrogens is 1. The van der Waals surface area contributed by atoms with Crippen molar-refractivity contribution in [3.05, 3.63) is 24.0 Å². The van der Waals surface area contributed by atoms with Gasteiger partial charge in [-0.2, -0.15) is 5.26 Å². The van der Waals surface area contributed by atoms with Crippen molar-refractivity contribution < 1.29 is 0 Å². The summed E-state index contributed by atoms with van der Waals surface area (Å²) in [6, 6.07) is 5.94. The molecule has 0 bridgehead atoms. The summed E-state index contributed by atoms with van der Waals surface area (Å²) in [5, 5.41) is 8.44. The molecule has 3 heteroatoms. The van der Waals surface area contributed by atoms with E-state index in [1.165, 1.54) is 0 Å². The van der Waals surface area contributed by atoms with Gasteiger partial charge in [0.25, 0.3) is 0 Å². The van der Waals surface area contributed by atoms with Crippen molar-refractivity contribution >= 4 is 11.8 Å². The Morgan fingerprint density at radius 3 is 3.18 bits per heavy atom. The standard InChI is InChI=1S/C8H8N2S/c1-11-8-3-2-6-10-7(8)4-5-9/h2-3,6H,4H2,1H3. The number of rotatable bonds is 2.